The molecule has 4 aromatic rings. The van der Waals surface area contributed by atoms with Gasteiger partial charge in [0, 0.05) is 14.5 Å². The molecule has 0 fully saturated rings. The first-order valence-electron chi connectivity index (χ1n) is 8.81. The molecule has 0 saturated carbocycles. The fraction of sp³-hybridized carbons (Fsp3) is 0.100. The molecule has 0 saturated heterocycles. The molecule has 0 bridgehead atoms. The zero-order chi connectivity index (χ0) is 20.9. The summed E-state index contributed by atoms with van der Waals surface area (Å²) in [5.74, 6) is -0.0146. The van der Waals surface area contributed by atoms with E-state index in [1.54, 1.807) is 0 Å². The van der Waals surface area contributed by atoms with Gasteiger partial charge in [0.2, 0.25) is 11.8 Å². The van der Waals surface area contributed by atoms with Crippen LogP contribution in [0.25, 0.3) is 21.5 Å². The number of nitrogens with zero attached hydrogens (tertiary/aromatic N) is 2. The number of aromatic nitrogens is 2. The summed E-state index contributed by atoms with van der Waals surface area (Å²) in [5.41, 5.74) is 2.69. The van der Waals surface area contributed by atoms with Crippen molar-refractivity contribution in [2.45, 2.75) is 0 Å². The minimum Gasteiger partial charge on any atom is -0.301 e. The molecular weight excluding hydrogens is 551 g/mol. The molecular formula is C20H15IN4O2S3. The van der Waals surface area contributed by atoms with E-state index < -0.39 is 0 Å². The molecule has 0 aliphatic carbocycles. The molecule has 4 rings (SSSR count). The van der Waals surface area contributed by atoms with Crippen molar-refractivity contribution >= 4 is 89.3 Å². The Morgan fingerprint density at radius 3 is 2.37 bits per heavy atom. The molecule has 6 nitrogen and oxygen atoms in total. The van der Waals surface area contributed by atoms with E-state index in [0.717, 1.165) is 25.0 Å². The summed E-state index contributed by atoms with van der Waals surface area (Å²) in [6, 6.07) is 15.8. The van der Waals surface area contributed by atoms with E-state index in [1.807, 2.05) is 53.9 Å². The van der Waals surface area contributed by atoms with E-state index in [1.165, 1.54) is 34.4 Å². The highest BCUT2D eigenvalue weighted by Crippen LogP contribution is 2.26. The second kappa shape index (κ2) is 9.86. The maximum absolute atomic E-state index is 12.2. The van der Waals surface area contributed by atoms with Crippen LogP contribution in [-0.4, -0.2) is 33.3 Å². The molecule has 0 aliphatic rings. The van der Waals surface area contributed by atoms with Crippen LogP contribution in [0.1, 0.15) is 0 Å². The Morgan fingerprint density at radius 1 is 0.933 bits per heavy atom. The molecule has 2 aromatic carbocycles. The lowest BCUT2D eigenvalue weighted by molar-refractivity contribution is -0.114. The van der Waals surface area contributed by atoms with E-state index in [4.69, 9.17) is 0 Å². The number of hydrogen-bond donors (Lipinski definition) is 2. The molecule has 0 atom stereocenters. The van der Waals surface area contributed by atoms with Crippen molar-refractivity contribution in [1.82, 2.24) is 9.97 Å². The van der Waals surface area contributed by atoms with Crippen LogP contribution in [-0.2, 0) is 9.59 Å². The van der Waals surface area contributed by atoms with Crippen LogP contribution in [0.2, 0.25) is 0 Å². The maximum atomic E-state index is 12.2. The summed E-state index contributed by atoms with van der Waals surface area (Å²) in [6.45, 7) is 0. The summed E-state index contributed by atoms with van der Waals surface area (Å²) in [5, 5.41) is 8.60. The largest absolute Gasteiger partial charge is 0.301 e. The fourth-order valence-corrected chi connectivity index (χ4v) is 5.15. The van der Waals surface area contributed by atoms with Gasteiger partial charge in [-0.25, -0.2) is 9.97 Å². The molecule has 0 spiro atoms. The number of hydrogen-bond acceptors (Lipinski definition) is 7. The minimum atomic E-state index is -0.184. The van der Waals surface area contributed by atoms with Crippen molar-refractivity contribution in [2.24, 2.45) is 0 Å². The van der Waals surface area contributed by atoms with Gasteiger partial charge in [0.1, 0.15) is 0 Å². The zero-order valence-corrected chi connectivity index (χ0v) is 20.0. The molecule has 2 aromatic heterocycles. The number of anilines is 2. The second-order valence-corrected chi connectivity index (χ2v) is 10.2. The third-order valence-corrected chi connectivity index (χ3v) is 7.26. The van der Waals surface area contributed by atoms with E-state index in [2.05, 4.69) is 43.2 Å². The van der Waals surface area contributed by atoms with E-state index in [0.29, 0.717) is 10.3 Å². The fourth-order valence-electron chi connectivity index (χ4n) is 2.56. The van der Waals surface area contributed by atoms with Crippen LogP contribution in [0, 0.1) is 3.57 Å². The van der Waals surface area contributed by atoms with Crippen LogP contribution in [0.15, 0.2) is 53.9 Å². The minimum absolute atomic E-state index is 0.172. The molecule has 10 heteroatoms. The number of halogens is 1. The third-order valence-electron chi connectivity index (χ3n) is 3.90. The van der Waals surface area contributed by atoms with Crippen LogP contribution in [0.4, 0.5) is 10.3 Å². The number of benzene rings is 2. The third kappa shape index (κ3) is 5.56. The molecule has 0 radical (unpaired) electrons. The summed E-state index contributed by atoms with van der Waals surface area (Å²) < 4.78 is 2.18. The smallest absolute Gasteiger partial charge is 0.236 e. The highest BCUT2D eigenvalue weighted by Gasteiger charge is 2.11. The topological polar surface area (TPSA) is 84.0 Å². The average Bonchev–Trinajstić information content (AvgIpc) is 3.34. The van der Waals surface area contributed by atoms with Crippen molar-refractivity contribution in [3.63, 3.8) is 0 Å². The first-order chi connectivity index (χ1) is 14.6. The van der Waals surface area contributed by atoms with Crippen molar-refractivity contribution < 1.29 is 9.59 Å². The zero-order valence-electron chi connectivity index (χ0n) is 15.4. The molecule has 2 amide bonds. The second-order valence-electron chi connectivity index (χ2n) is 6.12. The van der Waals surface area contributed by atoms with Gasteiger partial charge in [-0.2, -0.15) is 0 Å². The quantitative estimate of drug-likeness (QED) is 0.296. The highest BCUT2D eigenvalue weighted by molar-refractivity contribution is 14.1. The van der Waals surface area contributed by atoms with Crippen LogP contribution in [0.5, 0.6) is 0 Å². The van der Waals surface area contributed by atoms with Gasteiger partial charge < -0.3 is 10.6 Å². The van der Waals surface area contributed by atoms with Crippen LogP contribution in [0.3, 0.4) is 0 Å². The van der Waals surface area contributed by atoms with Crippen LogP contribution < -0.4 is 10.6 Å². The van der Waals surface area contributed by atoms with Crippen molar-refractivity contribution in [1.29, 1.82) is 0 Å². The number of carbonyl (C=O) groups is 2. The molecule has 2 heterocycles. The number of thioether (sulfide) groups is 1. The Morgan fingerprint density at radius 2 is 1.63 bits per heavy atom. The Hall–Kier alpha value is -2.02. The van der Waals surface area contributed by atoms with Gasteiger partial charge in [0.15, 0.2) is 10.3 Å². The summed E-state index contributed by atoms with van der Waals surface area (Å²) in [7, 11) is 0. The molecule has 2 N–H and O–H groups in total. The van der Waals surface area contributed by atoms with Gasteiger partial charge in [-0.1, -0.05) is 35.6 Å². The Bertz CT molecular complexity index is 1160. The lowest BCUT2D eigenvalue weighted by Gasteiger charge is -2.03. The lowest BCUT2D eigenvalue weighted by atomic mass is 10.2. The number of rotatable bonds is 7. The first kappa shape index (κ1) is 21.2. The summed E-state index contributed by atoms with van der Waals surface area (Å²) >= 11 is 6.31. The predicted molar refractivity (Wildman–Crippen MR) is 134 cm³/mol. The van der Waals surface area contributed by atoms with Crippen LogP contribution >= 0.6 is 57.0 Å². The number of thiazole rings is 2. The Balaban J connectivity index is 1.23. The van der Waals surface area contributed by atoms with Gasteiger partial charge in [0.05, 0.1) is 27.4 Å². The summed E-state index contributed by atoms with van der Waals surface area (Å²) in [6.07, 6.45) is 0. The number of amides is 2. The normalized spacial score (nSPS) is 10.8. The van der Waals surface area contributed by atoms with E-state index in [-0.39, 0.29) is 23.3 Å². The van der Waals surface area contributed by atoms with Crippen molar-refractivity contribution in [2.75, 3.05) is 22.1 Å². The standard InChI is InChI=1S/C20H15IN4O2S3/c21-13-7-5-12(6-8-13)15-9-29-19(23-15)24-17(26)10-28-11-18(27)25-20-22-14-3-1-2-4-16(14)30-20/h1-9H,10-11H2,(H,22,25,27)(H,23,24,26). The van der Waals surface area contributed by atoms with Gasteiger partial charge in [-0.3, -0.25) is 9.59 Å². The Kier molecular flexibility index (Phi) is 6.97. The monoisotopic (exact) mass is 566 g/mol. The molecule has 30 heavy (non-hydrogen) atoms. The molecule has 152 valence electrons. The molecule has 0 aliphatic heterocycles. The lowest BCUT2D eigenvalue weighted by Crippen LogP contribution is -2.18. The Labute approximate surface area is 198 Å². The number of carbonyl (C=O) groups excluding carboxylic acids is 2. The average molecular weight is 566 g/mol. The van der Waals surface area contributed by atoms with Gasteiger partial charge in [0.25, 0.3) is 0 Å². The SMILES string of the molecule is O=C(CSCC(=O)Nc1nc2ccccc2s1)Nc1nc(-c2ccc(I)cc2)cs1. The van der Waals surface area contributed by atoms with Crippen molar-refractivity contribution in [3.05, 3.63) is 57.5 Å². The van der Waals surface area contributed by atoms with Gasteiger partial charge in [-0.05, 0) is 46.9 Å². The first-order valence-corrected chi connectivity index (χ1v) is 12.7. The van der Waals surface area contributed by atoms with Gasteiger partial charge >= 0.3 is 0 Å². The van der Waals surface area contributed by atoms with Gasteiger partial charge in [-0.15, -0.1) is 23.1 Å². The van der Waals surface area contributed by atoms with E-state index >= 15 is 0 Å². The summed E-state index contributed by atoms with van der Waals surface area (Å²) in [4.78, 5) is 33.1. The molecule has 0 unspecified atom stereocenters. The predicted octanol–water partition coefficient (Wildman–Crippen LogP) is 5.33. The number of nitrogens with one attached hydrogen (secondary N) is 2. The number of para-hydroxylation sites is 1. The van der Waals surface area contributed by atoms with Crippen molar-refractivity contribution in [3.8, 4) is 11.3 Å². The highest BCUT2D eigenvalue weighted by atomic mass is 127. The van der Waals surface area contributed by atoms with E-state index in [9.17, 15) is 9.59 Å². The number of fused-ring (bicyclic) bond motifs is 1. The maximum Gasteiger partial charge on any atom is 0.236 e.